The fraction of sp³-hybridized carbons (Fsp3) is 0.667. The Bertz CT molecular complexity index is 385. The lowest BCUT2D eigenvalue weighted by molar-refractivity contribution is 0.0944. The molecule has 0 aromatic carbocycles. The number of aryl methyl sites for hydroxylation is 1. The second kappa shape index (κ2) is 5.31. The van der Waals surface area contributed by atoms with Crippen molar-refractivity contribution in [3.05, 3.63) is 11.4 Å². The zero-order chi connectivity index (χ0) is 13.1. The molecule has 0 aliphatic carbocycles. The first-order valence-electron chi connectivity index (χ1n) is 5.89. The molecular weight excluding hydrogens is 216 g/mol. The van der Waals surface area contributed by atoms with E-state index in [0.29, 0.717) is 6.54 Å². The van der Waals surface area contributed by atoms with E-state index in [-0.39, 0.29) is 0 Å². The second-order valence-electron chi connectivity index (χ2n) is 4.73. The molecule has 0 radical (unpaired) electrons. The number of nitrogens with zero attached hydrogens (tertiary/aromatic N) is 2. The molecule has 0 bridgehead atoms. The molecule has 0 unspecified atom stereocenters. The van der Waals surface area contributed by atoms with Crippen LogP contribution in [-0.2, 0) is 6.42 Å². The molecule has 0 saturated heterocycles. The average Bonchev–Trinajstić information content (AvgIpc) is 2.26. The SMILES string of the molecule is CCc1nc(NC)c(C)c(NCC(C)(C)O)n1. The van der Waals surface area contributed by atoms with Crippen LogP contribution < -0.4 is 10.6 Å². The zero-order valence-corrected chi connectivity index (χ0v) is 11.3. The first kappa shape index (κ1) is 13.7. The van der Waals surface area contributed by atoms with Crippen molar-refractivity contribution in [3.63, 3.8) is 0 Å². The van der Waals surface area contributed by atoms with Crippen LogP contribution in [0, 0.1) is 6.92 Å². The van der Waals surface area contributed by atoms with Crippen LogP contribution in [0.2, 0.25) is 0 Å². The molecule has 0 atom stereocenters. The van der Waals surface area contributed by atoms with Gasteiger partial charge in [-0.1, -0.05) is 6.92 Å². The van der Waals surface area contributed by atoms with Crippen molar-refractivity contribution in [2.24, 2.45) is 0 Å². The van der Waals surface area contributed by atoms with Crippen molar-refractivity contribution in [3.8, 4) is 0 Å². The van der Waals surface area contributed by atoms with Crippen LogP contribution in [0.3, 0.4) is 0 Å². The molecule has 5 nitrogen and oxygen atoms in total. The summed E-state index contributed by atoms with van der Waals surface area (Å²) < 4.78 is 0. The molecule has 17 heavy (non-hydrogen) atoms. The molecule has 1 rings (SSSR count). The molecule has 0 spiro atoms. The molecule has 5 heteroatoms. The lowest BCUT2D eigenvalue weighted by atomic mass is 10.1. The van der Waals surface area contributed by atoms with Gasteiger partial charge in [0.1, 0.15) is 17.5 Å². The smallest absolute Gasteiger partial charge is 0.134 e. The van der Waals surface area contributed by atoms with Crippen LogP contribution in [-0.4, -0.2) is 34.3 Å². The van der Waals surface area contributed by atoms with Crippen molar-refractivity contribution in [2.45, 2.75) is 39.7 Å². The number of hydrogen-bond acceptors (Lipinski definition) is 5. The molecule has 3 N–H and O–H groups in total. The maximum absolute atomic E-state index is 9.70. The monoisotopic (exact) mass is 238 g/mol. The van der Waals surface area contributed by atoms with Crippen LogP contribution in [0.5, 0.6) is 0 Å². The molecule has 0 fully saturated rings. The Kier molecular flexibility index (Phi) is 4.28. The van der Waals surface area contributed by atoms with E-state index in [1.165, 1.54) is 0 Å². The molecule has 1 aromatic heterocycles. The summed E-state index contributed by atoms with van der Waals surface area (Å²) in [6.07, 6.45) is 0.784. The summed E-state index contributed by atoms with van der Waals surface area (Å²) in [6, 6.07) is 0. The van der Waals surface area contributed by atoms with Gasteiger partial charge in [-0.3, -0.25) is 0 Å². The Morgan fingerprint density at radius 2 is 1.82 bits per heavy atom. The van der Waals surface area contributed by atoms with Crippen LogP contribution in [0.4, 0.5) is 11.6 Å². The third kappa shape index (κ3) is 3.85. The summed E-state index contributed by atoms with van der Waals surface area (Å²) in [4.78, 5) is 8.82. The molecule has 96 valence electrons. The van der Waals surface area contributed by atoms with Gasteiger partial charge in [0.25, 0.3) is 0 Å². The van der Waals surface area contributed by atoms with Gasteiger partial charge in [0.15, 0.2) is 0 Å². The highest BCUT2D eigenvalue weighted by molar-refractivity contribution is 5.57. The van der Waals surface area contributed by atoms with Gasteiger partial charge in [-0.15, -0.1) is 0 Å². The van der Waals surface area contributed by atoms with Crippen molar-refractivity contribution >= 4 is 11.6 Å². The normalized spacial score (nSPS) is 11.4. The molecule has 1 aromatic rings. The van der Waals surface area contributed by atoms with Crippen LogP contribution in [0.1, 0.15) is 32.2 Å². The van der Waals surface area contributed by atoms with Gasteiger partial charge in [-0.25, -0.2) is 9.97 Å². The molecule has 0 aliphatic rings. The van der Waals surface area contributed by atoms with E-state index in [2.05, 4.69) is 20.6 Å². The predicted octanol–water partition coefficient (Wildman–Crippen LogP) is 1.57. The number of aliphatic hydroxyl groups is 1. The van der Waals surface area contributed by atoms with E-state index < -0.39 is 5.60 Å². The minimum atomic E-state index is -0.760. The van der Waals surface area contributed by atoms with Crippen LogP contribution in [0.25, 0.3) is 0 Å². The third-order valence-corrected chi connectivity index (χ3v) is 2.43. The van der Waals surface area contributed by atoms with Crippen LogP contribution in [0.15, 0.2) is 0 Å². The number of nitrogens with one attached hydrogen (secondary N) is 2. The minimum absolute atomic E-state index is 0.456. The summed E-state index contributed by atoms with van der Waals surface area (Å²) >= 11 is 0. The zero-order valence-electron chi connectivity index (χ0n) is 11.3. The Labute approximate surface area is 103 Å². The fourth-order valence-corrected chi connectivity index (χ4v) is 1.44. The summed E-state index contributed by atoms with van der Waals surface area (Å²) in [5.41, 5.74) is 0.206. The Morgan fingerprint density at radius 1 is 1.24 bits per heavy atom. The van der Waals surface area contributed by atoms with Gasteiger partial charge in [0, 0.05) is 25.6 Å². The fourth-order valence-electron chi connectivity index (χ4n) is 1.44. The highest BCUT2D eigenvalue weighted by Crippen LogP contribution is 2.20. The number of hydrogen-bond donors (Lipinski definition) is 3. The van der Waals surface area contributed by atoms with Gasteiger partial charge in [0.05, 0.1) is 5.60 Å². The predicted molar refractivity (Wildman–Crippen MR) is 70.5 cm³/mol. The van der Waals surface area contributed by atoms with E-state index >= 15 is 0 Å². The summed E-state index contributed by atoms with van der Waals surface area (Å²) in [5.74, 6) is 2.40. The van der Waals surface area contributed by atoms with Crippen molar-refractivity contribution in [1.82, 2.24) is 9.97 Å². The molecular formula is C12H22N4O. The van der Waals surface area contributed by atoms with Crippen LogP contribution >= 0.6 is 0 Å². The Balaban J connectivity index is 2.97. The number of rotatable bonds is 5. The van der Waals surface area contributed by atoms with E-state index in [1.807, 2.05) is 20.9 Å². The van der Waals surface area contributed by atoms with Gasteiger partial charge in [-0.2, -0.15) is 0 Å². The van der Waals surface area contributed by atoms with Gasteiger partial charge < -0.3 is 15.7 Å². The highest BCUT2D eigenvalue weighted by Gasteiger charge is 2.15. The minimum Gasteiger partial charge on any atom is -0.389 e. The maximum atomic E-state index is 9.70. The molecule has 0 aliphatic heterocycles. The number of anilines is 2. The van der Waals surface area contributed by atoms with E-state index in [1.54, 1.807) is 13.8 Å². The van der Waals surface area contributed by atoms with E-state index in [9.17, 15) is 5.11 Å². The third-order valence-electron chi connectivity index (χ3n) is 2.43. The average molecular weight is 238 g/mol. The summed E-state index contributed by atoms with van der Waals surface area (Å²) in [7, 11) is 1.84. The Morgan fingerprint density at radius 3 is 2.29 bits per heavy atom. The molecule has 0 saturated carbocycles. The van der Waals surface area contributed by atoms with Crippen molar-refractivity contribution in [1.29, 1.82) is 0 Å². The Hall–Kier alpha value is -1.36. The standard InChI is InChI=1S/C12H22N4O/c1-6-9-15-10(13-5)8(2)11(16-9)14-7-12(3,4)17/h17H,6-7H2,1-5H3,(H2,13,14,15,16). The topological polar surface area (TPSA) is 70.1 Å². The van der Waals surface area contributed by atoms with E-state index in [4.69, 9.17) is 0 Å². The largest absolute Gasteiger partial charge is 0.389 e. The number of aromatic nitrogens is 2. The van der Waals surface area contributed by atoms with E-state index in [0.717, 1.165) is 29.4 Å². The maximum Gasteiger partial charge on any atom is 0.134 e. The summed E-state index contributed by atoms with van der Waals surface area (Å²) in [6.45, 7) is 7.95. The molecule has 1 heterocycles. The van der Waals surface area contributed by atoms with Crippen molar-refractivity contribution < 1.29 is 5.11 Å². The van der Waals surface area contributed by atoms with Gasteiger partial charge >= 0.3 is 0 Å². The quantitative estimate of drug-likeness (QED) is 0.726. The lowest BCUT2D eigenvalue weighted by Gasteiger charge is -2.20. The lowest BCUT2D eigenvalue weighted by Crippen LogP contribution is -2.30. The highest BCUT2D eigenvalue weighted by atomic mass is 16.3. The van der Waals surface area contributed by atoms with Crippen molar-refractivity contribution in [2.75, 3.05) is 24.2 Å². The molecule has 0 amide bonds. The first-order valence-corrected chi connectivity index (χ1v) is 5.89. The summed E-state index contributed by atoms with van der Waals surface area (Å²) in [5, 5.41) is 15.9. The van der Waals surface area contributed by atoms with Gasteiger partial charge in [-0.05, 0) is 20.8 Å². The van der Waals surface area contributed by atoms with Gasteiger partial charge in [0.2, 0.25) is 0 Å². The second-order valence-corrected chi connectivity index (χ2v) is 4.73. The first-order chi connectivity index (χ1) is 7.87.